The summed E-state index contributed by atoms with van der Waals surface area (Å²) in [6.07, 6.45) is 3.43. The van der Waals surface area contributed by atoms with E-state index in [0.717, 1.165) is 10.0 Å². The van der Waals surface area contributed by atoms with Crippen molar-refractivity contribution in [2.24, 2.45) is 7.05 Å². The first-order valence-corrected chi connectivity index (χ1v) is 10.8. The minimum absolute atomic E-state index is 0.128. The lowest BCUT2D eigenvalue weighted by Crippen LogP contribution is -2.23. The summed E-state index contributed by atoms with van der Waals surface area (Å²) in [5, 5.41) is 6.79. The molecule has 2 aromatic carbocycles. The van der Waals surface area contributed by atoms with Crippen LogP contribution in [0, 0.1) is 0 Å². The molecule has 29 heavy (non-hydrogen) atoms. The van der Waals surface area contributed by atoms with Gasteiger partial charge in [0.25, 0.3) is 15.9 Å². The molecule has 0 saturated heterocycles. The predicted octanol–water partition coefficient (Wildman–Crippen LogP) is 2.92. The van der Waals surface area contributed by atoms with E-state index in [9.17, 15) is 13.2 Å². The summed E-state index contributed by atoms with van der Waals surface area (Å²) in [6.45, 7) is 0.276. The van der Waals surface area contributed by atoms with E-state index >= 15 is 0 Å². The average Bonchev–Trinajstić information content (AvgIpc) is 3.12. The topological polar surface area (TPSA) is 102 Å². The molecule has 3 aromatic rings. The highest BCUT2D eigenvalue weighted by atomic mass is 79.9. The molecule has 8 nitrogen and oxygen atoms in total. The molecule has 3 rings (SSSR count). The van der Waals surface area contributed by atoms with Crippen LogP contribution in [0.25, 0.3) is 0 Å². The summed E-state index contributed by atoms with van der Waals surface area (Å²) in [7, 11) is -0.819. The van der Waals surface area contributed by atoms with E-state index in [4.69, 9.17) is 4.74 Å². The zero-order chi connectivity index (χ0) is 21.0. The Hall–Kier alpha value is -2.85. The number of nitrogens with zero attached hydrogens (tertiary/aromatic N) is 2. The molecule has 10 heteroatoms. The van der Waals surface area contributed by atoms with Gasteiger partial charge < -0.3 is 10.1 Å². The van der Waals surface area contributed by atoms with E-state index in [1.165, 1.54) is 25.3 Å². The van der Waals surface area contributed by atoms with Gasteiger partial charge in [0.1, 0.15) is 10.6 Å². The Morgan fingerprint density at radius 3 is 2.55 bits per heavy atom. The van der Waals surface area contributed by atoms with E-state index in [1.54, 1.807) is 48.4 Å². The smallest absolute Gasteiger partial charge is 0.265 e. The van der Waals surface area contributed by atoms with Crippen molar-refractivity contribution < 1.29 is 17.9 Å². The SMILES string of the molecule is COc1ccc(C(=O)NCc2cnn(C)c2)cc1S(=O)(=O)Nc1ccc(Br)cc1. The average molecular weight is 479 g/mol. The van der Waals surface area contributed by atoms with Gasteiger partial charge in [-0.05, 0) is 42.5 Å². The van der Waals surface area contributed by atoms with Gasteiger partial charge in [0.15, 0.2) is 0 Å². The van der Waals surface area contributed by atoms with Crippen LogP contribution in [0.5, 0.6) is 5.75 Å². The van der Waals surface area contributed by atoms with Gasteiger partial charge in [0, 0.05) is 41.1 Å². The van der Waals surface area contributed by atoms with E-state index < -0.39 is 15.9 Å². The molecule has 0 unspecified atom stereocenters. The Bertz CT molecular complexity index is 1130. The maximum absolute atomic E-state index is 12.9. The quantitative estimate of drug-likeness (QED) is 0.543. The minimum Gasteiger partial charge on any atom is -0.495 e. The number of ether oxygens (including phenoxy) is 1. The van der Waals surface area contributed by atoms with Crippen LogP contribution in [0.15, 0.2) is 64.2 Å². The largest absolute Gasteiger partial charge is 0.495 e. The predicted molar refractivity (Wildman–Crippen MR) is 112 cm³/mol. The highest BCUT2D eigenvalue weighted by Crippen LogP contribution is 2.27. The van der Waals surface area contributed by atoms with Crippen LogP contribution in [0.3, 0.4) is 0 Å². The molecular weight excluding hydrogens is 460 g/mol. The highest BCUT2D eigenvalue weighted by molar-refractivity contribution is 9.10. The fourth-order valence-electron chi connectivity index (χ4n) is 2.60. The maximum atomic E-state index is 12.9. The van der Waals surface area contributed by atoms with Crippen LogP contribution in [-0.4, -0.2) is 31.2 Å². The fraction of sp³-hybridized carbons (Fsp3) is 0.158. The normalized spacial score (nSPS) is 11.1. The van der Waals surface area contributed by atoms with Crippen LogP contribution in [-0.2, 0) is 23.6 Å². The number of hydrogen-bond acceptors (Lipinski definition) is 5. The molecule has 0 fully saturated rings. The molecule has 2 N–H and O–H groups in total. The van der Waals surface area contributed by atoms with Gasteiger partial charge >= 0.3 is 0 Å². The third-order valence-corrected chi connectivity index (χ3v) is 5.95. The monoisotopic (exact) mass is 478 g/mol. The number of rotatable bonds is 7. The molecular formula is C19H19BrN4O4S. The molecule has 1 heterocycles. The van der Waals surface area contributed by atoms with Crippen molar-refractivity contribution in [2.45, 2.75) is 11.4 Å². The highest BCUT2D eigenvalue weighted by Gasteiger charge is 2.22. The van der Waals surface area contributed by atoms with Crippen LogP contribution >= 0.6 is 15.9 Å². The van der Waals surface area contributed by atoms with Crippen LogP contribution in [0.1, 0.15) is 15.9 Å². The number of sulfonamides is 1. The number of halogens is 1. The number of nitrogens with one attached hydrogen (secondary N) is 2. The molecule has 0 radical (unpaired) electrons. The summed E-state index contributed by atoms with van der Waals surface area (Å²) in [5.74, 6) is -0.269. The lowest BCUT2D eigenvalue weighted by atomic mass is 10.2. The summed E-state index contributed by atoms with van der Waals surface area (Å²) in [6, 6.07) is 10.9. The Balaban J connectivity index is 1.83. The first kappa shape index (κ1) is 20.9. The van der Waals surface area contributed by atoms with Gasteiger partial charge in [-0.3, -0.25) is 14.2 Å². The van der Waals surface area contributed by atoms with Gasteiger partial charge in [-0.15, -0.1) is 0 Å². The van der Waals surface area contributed by atoms with Gasteiger partial charge in [-0.25, -0.2) is 8.42 Å². The standard InChI is InChI=1S/C19H19BrN4O4S/c1-24-12-13(11-22-24)10-21-19(25)14-3-8-17(28-2)18(9-14)29(26,27)23-16-6-4-15(20)5-7-16/h3-9,11-12,23H,10H2,1-2H3,(H,21,25). The van der Waals surface area contributed by atoms with Gasteiger partial charge in [0.2, 0.25) is 0 Å². The lowest BCUT2D eigenvalue weighted by molar-refractivity contribution is 0.0950. The number of aromatic nitrogens is 2. The summed E-state index contributed by atoms with van der Waals surface area (Å²) >= 11 is 3.30. The number of hydrogen-bond donors (Lipinski definition) is 2. The maximum Gasteiger partial charge on any atom is 0.265 e. The third-order valence-electron chi connectivity index (χ3n) is 4.02. The van der Waals surface area contributed by atoms with Crippen molar-refractivity contribution >= 4 is 37.5 Å². The number of aryl methyl sites for hydroxylation is 1. The summed E-state index contributed by atoms with van der Waals surface area (Å²) in [5.41, 5.74) is 1.42. The van der Waals surface area contributed by atoms with Crippen LogP contribution < -0.4 is 14.8 Å². The minimum atomic E-state index is -3.97. The van der Waals surface area contributed by atoms with Crippen molar-refractivity contribution in [3.63, 3.8) is 0 Å². The Labute approximate surface area is 177 Å². The second-order valence-electron chi connectivity index (χ2n) is 6.18. The Morgan fingerprint density at radius 1 is 1.21 bits per heavy atom. The van der Waals surface area contributed by atoms with E-state index in [0.29, 0.717) is 5.69 Å². The van der Waals surface area contributed by atoms with Crippen LogP contribution in [0.4, 0.5) is 5.69 Å². The molecule has 1 amide bonds. The van der Waals surface area contributed by atoms with Crippen molar-refractivity contribution in [2.75, 3.05) is 11.8 Å². The van der Waals surface area contributed by atoms with Crippen LogP contribution in [0.2, 0.25) is 0 Å². The second-order valence-corrected chi connectivity index (χ2v) is 8.75. The molecule has 0 atom stereocenters. The summed E-state index contributed by atoms with van der Waals surface area (Å²) < 4.78 is 35.9. The van der Waals surface area contributed by atoms with Crippen molar-refractivity contribution in [1.29, 1.82) is 0 Å². The first-order chi connectivity index (χ1) is 13.8. The molecule has 0 spiro atoms. The number of methoxy groups -OCH3 is 1. The Morgan fingerprint density at radius 2 is 1.93 bits per heavy atom. The van der Waals surface area contributed by atoms with Gasteiger partial charge in [-0.2, -0.15) is 5.10 Å². The molecule has 152 valence electrons. The lowest BCUT2D eigenvalue weighted by Gasteiger charge is -2.13. The molecule has 0 bridgehead atoms. The summed E-state index contributed by atoms with van der Waals surface area (Å²) in [4.78, 5) is 12.4. The van der Waals surface area contributed by atoms with E-state index in [-0.39, 0.29) is 22.8 Å². The number of carbonyl (C=O) groups is 1. The third kappa shape index (κ3) is 5.15. The van der Waals surface area contributed by atoms with E-state index in [2.05, 4.69) is 31.1 Å². The molecule has 0 saturated carbocycles. The second kappa shape index (κ2) is 8.66. The number of amides is 1. The molecule has 0 aliphatic rings. The fourth-order valence-corrected chi connectivity index (χ4v) is 4.12. The van der Waals surface area contributed by atoms with Gasteiger partial charge in [-0.1, -0.05) is 15.9 Å². The zero-order valence-corrected chi connectivity index (χ0v) is 18.1. The van der Waals surface area contributed by atoms with Gasteiger partial charge in [0.05, 0.1) is 13.3 Å². The number of carbonyl (C=O) groups excluding carboxylic acids is 1. The van der Waals surface area contributed by atoms with E-state index in [1.807, 2.05) is 0 Å². The molecule has 1 aromatic heterocycles. The number of anilines is 1. The van der Waals surface area contributed by atoms with Crippen molar-refractivity contribution in [3.05, 3.63) is 70.5 Å². The molecule has 0 aliphatic carbocycles. The zero-order valence-electron chi connectivity index (χ0n) is 15.7. The first-order valence-electron chi connectivity index (χ1n) is 8.50. The number of benzene rings is 2. The van der Waals surface area contributed by atoms with Crippen molar-refractivity contribution in [1.82, 2.24) is 15.1 Å². The Kier molecular flexibility index (Phi) is 6.23. The van der Waals surface area contributed by atoms with Crippen molar-refractivity contribution in [3.8, 4) is 5.75 Å². The molecule has 0 aliphatic heterocycles.